The van der Waals surface area contributed by atoms with Crippen LogP contribution in [0.1, 0.15) is 24.8 Å². The number of hydrogen-bond acceptors (Lipinski definition) is 8. The molecule has 0 bridgehead atoms. The number of amides is 3. The van der Waals surface area contributed by atoms with Gasteiger partial charge in [0.15, 0.2) is 0 Å². The van der Waals surface area contributed by atoms with Gasteiger partial charge in [-0.15, -0.1) is 0 Å². The number of para-hydroxylation sites is 1. The molecule has 0 fully saturated rings. The molecule has 0 radical (unpaired) electrons. The largest absolute Gasteiger partial charge is 0.481 e. The standard InChI is InChI=1S/C23H29N5O9S/c24-13(7-11-9-25-14-4-2-1-3-12(11)14)20(33)28-17(10-38)22(35)26-15(5-6-18(29)30)21(34)27-16(23(36)37)8-19(31)32/h1-4,9,13,15-17,25,38H,5-8,10,24H2,(H,26,35)(H,27,34)(H,28,33)(H,29,30)(H,31,32)(H,36,37). The van der Waals surface area contributed by atoms with Crippen molar-refractivity contribution in [1.82, 2.24) is 20.9 Å². The fraction of sp³-hybridized carbons (Fsp3) is 0.391. The molecular weight excluding hydrogens is 522 g/mol. The van der Waals surface area contributed by atoms with Gasteiger partial charge in [0.25, 0.3) is 0 Å². The van der Waals surface area contributed by atoms with Crippen molar-refractivity contribution >= 4 is 59.2 Å². The van der Waals surface area contributed by atoms with Crippen molar-refractivity contribution in [2.45, 2.75) is 49.9 Å². The zero-order valence-corrected chi connectivity index (χ0v) is 20.9. The van der Waals surface area contributed by atoms with Crippen LogP contribution in [0.25, 0.3) is 10.9 Å². The first kappa shape index (κ1) is 30.1. The first-order chi connectivity index (χ1) is 17.9. The predicted octanol–water partition coefficient (Wildman–Crippen LogP) is -1.15. The van der Waals surface area contributed by atoms with E-state index in [2.05, 4.69) is 28.2 Å². The van der Waals surface area contributed by atoms with E-state index >= 15 is 0 Å². The van der Waals surface area contributed by atoms with E-state index in [1.165, 1.54) is 0 Å². The van der Waals surface area contributed by atoms with E-state index in [1.807, 2.05) is 29.6 Å². The van der Waals surface area contributed by atoms with Crippen LogP contribution in [0.2, 0.25) is 0 Å². The summed E-state index contributed by atoms with van der Waals surface area (Å²) in [5.41, 5.74) is 7.69. The number of nitrogens with two attached hydrogens (primary N) is 1. The highest BCUT2D eigenvalue weighted by Gasteiger charge is 2.31. The molecule has 14 nitrogen and oxygen atoms in total. The lowest BCUT2D eigenvalue weighted by molar-refractivity contribution is -0.147. The van der Waals surface area contributed by atoms with Gasteiger partial charge in [-0.05, 0) is 24.5 Å². The van der Waals surface area contributed by atoms with Gasteiger partial charge in [0.1, 0.15) is 18.1 Å². The first-order valence-corrected chi connectivity index (χ1v) is 12.0. The number of aromatic nitrogens is 1. The summed E-state index contributed by atoms with van der Waals surface area (Å²) in [5.74, 6) is -7.30. The Hall–Kier alpha value is -4.11. The van der Waals surface area contributed by atoms with Crippen molar-refractivity contribution in [3.8, 4) is 0 Å². The minimum Gasteiger partial charge on any atom is -0.481 e. The molecule has 0 aliphatic carbocycles. The number of rotatable bonds is 15. The van der Waals surface area contributed by atoms with Crippen molar-refractivity contribution < 1.29 is 44.1 Å². The highest BCUT2D eigenvalue weighted by molar-refractivity contribution is 7.80. The molecule has 3 amide bonds. The third kappa shape index (κ3) is 8.77. The number of carbonyl (C=O) groups is 6. The number of carboxylic acid groups (broad SMARTS) is 3. The molecule has 0 spiro atoms. The Bertz CT molecular complexity index is 1200. The van der Waals surface area contributed by atoms with Crippen LogP contribution in [-0.2, 0) is 35.2 Å². The summed E-state index contributed by atoms with van der Waals surface area (Å²) in [7, 11) is 0. The quantitative estimate of drug-likeness (QED) is 0.120. The highest BCUT2D eigenvalue weighted by Crippen LogP contribution is 2.18. The van der Waals surface area contributed by atoms with E-state index in [4.69, 9.17) is 21.1 Å². The Balaban J connectivity index is 2.07. The normalized spacial score (nSPS) is 14.1. The fourth-order valence-electron chi connectivity index (χ4n) is 3.56. The van der Waals surface area contributed by atoms with Gasteiger partial charge < -0.3 is 42.0 Å². The molecule has 0 saturated heterocycles. The molecular formula is C23H29N5O9S. The lowest BCUT2D eigenvalue weighted by Crippen LogP contribution is -2.58. The van der Waals surface area contributed by atoms with Crippen LogP contribution >= 0.6 is 12.6 Å². The fourth-order valence-corrected chi connectivity index (χ4v) is 3.82. The van der Waals surface area contributed by atoms with Gasteiger partial charge >= 0.3 is 17.9 Å². The smallest absolute Gasteiger partial charge is 0.326 e. The van der Waals surface area contributed by atoms with Crippen LogP contribution in [0.3, 0.4) is 0 Å². The Morgan fingerprint density at radius 1 is 0.868 bits per heavy atom. The van der Waals surface area contributed by atoms with E-state index in [-0.39, 0.29) is 12.2 Å². The number of thiol groups is 1. The second-order valence-corrected chi connectivity index (χ2v) is 8.77. The van der Waals surface area contributed by atoms with Gasteiger partial charge in [0.2, 0.25) is 17.7 Å². The molecule has 0 aliphatic heterocycles. The van der Waals surface area contributed by atoms with E-state index < -0.39 is 79.1 Å². The van der Waals surface area contributed by atoms with Crippen LogP contribution in [0.15, 0.2) is 30.5 Å². The summed E-state index contributed by atoms with van der Waals surface area (Å²) in [6, 6.07) is 1.76. The lowest BCUT2D eigenvalue weighted by atomic mass is 10.0. The number of hydrogen-bond donors (Lipinski definition) is 9. The zero-order chi connectivity index (χ0) is 28.4. The van der Waals surface area contributed by atoms with E-state index in [1.54, 1.807) is 6.20 Å². The number of nitrogens with one attached hydrogen (secondary N) is 4. The van der Waals surface area contributed by atoms with Crippen LogP contribution < -0.4 is 21.7 Å². The number of fused-ring (bicyclic) bond motifs is 1. The second-order valence-electron chi connectivity index (χ2n) is 8.40. The Labute approximate surface area is 221 Å². The minimum absolute atomic E-state index is 0.153. The molecule has 206 valence electrons. The number of aliphatic carboxylic acids is 3. The van der Waals surface area contributed by atoms with Crippen LogP contribution in [0.5, 0.6) is 0 Å². The van der Waals surface area contributed by atoms with Crippen molar-refractivity contribution in [3.05, 3.63) is 36.0 Å². The number of carboxylic acids is 3. The third-order valence-corrected chi connectivity index (χ3v) is 5.91. The zero-order valence-electron chi connectivity index (χ0n) is 20.0. The van der Waals surface area contributed by atoms with Gasteiger partial charge in [-0.2, -0.15) is 12.6 Å². The molecule has 1 aromatic carbocycles. The second kappa shape index (κ2) is 14.0. The van der Waals surface area contributed by atoms with Crippen LogP contribution in [-0.4, -0.2) is 85.9 Å². The number of carbonyl (C=O) groups excluding carboxylic acids is 3. The first-order valence-electron chi connectivity index (χ1n) is 11.4. The van der Waals surface area contributed by atoms with E-state index in [9.17, 15) is 28.8 Å². The highest BCUT2D eigenvalue weighted by atomic mass is 32.1. The van der Waals surface area contributed by atoms with E-state index in [0.717, 1.165) is 16.5 Å². The Morgan fingerprint density at radius 2 is 1.47 bits per heavy atom. The van der Waals surface area contributed by atoms with Gasteiger partial charge in [-0.3, -0.25) is 24.0 Å². The molecule has 1 heterocycles. The third-order valence-electron chi connectivity index (χ3n) is 5.54. The average Bonchev–Trinajstić information content (AvgIpc) is 3.26. The molecule has 4 unspecified atom stereocenters. The summed E-state index contributed by atoms with van der Waals surface area (Å²) in [6.45, 7) is 0. The van der Waals surface area contributed by atoms with Crippen molar-refractivity contribution in [1.29, 1.82) is 0 Å². The molecule has 0 saturated carbocycles. The van der Waals surface area contributed by atoms with Crippen molar-refractivity contribution in [2.75, 3.05) is 5.75 Å². The van der Waals surface area contributed by atoms with Crippen LogP contribution in [0.4, 0.5) is 0 Å². The van der Waals surface area contributed by atoms with E-state index in [0.29, 0.717) is 0 Å². The lowest BCUT2D eigenvalue weighted by Gasteiger charge is -2.24. The summed E-state index contributed by atoms with van der Waals surface area (Å²) in [4.78, 5) is 74.4. The van der Waals surface area contributed by atoms with Crippen molar-refractivity contribution in [2.24, 2.45) is 5.73 Å². The van der Waals surface area contributed by atoms with Gasteiger partial charge in [0.05, 0.1) is 12.5 Å². The topological polar surface area (TPSA) is 241 Å². The predicted molar refractivity (Wildman–Crippen MR) is 136 cm³/mol. The molecule has 15 heteroatoms. The summed E-state index contributed by atoms with van der Waals surface area (Å²) < 4.78 is 0. The van der Waals surface area contributed by atoms with Gasteiger partial charge in [0, 0.05) is 29.3 Å². The monoisotopic (exact) mass is 551 g/mol. The summed E-state index contributed by atoms with van der Waals surface area (Å²) >= 11 is 4.06. The molecule has 2 aromatic rings. The Kier molecular flexibility index (Phi) is 11.1. The van der Waals surface area contributed by atoms with Gasteiger partial charge in [-0.1, -0.05) is 18.2 Å². The number of aromatic amines is 1. The summed E-state index contributed by atoms with van der Waals surface area (Å²) in [6.07, 6.45) is -0.0616. The maximum absolute atomic E-state index is 12.8. The molecule has 4 atom stereocenters. The van der Waals surface area contributed by atoms with Crippen molar-refractivity contribution in [3.63, 3.8) is 0 Å². The molecule has 2 rings (SSSR count). The van der Waals surface area contributed by atoms with Crippen LogP contribution in [0, 0.1) is 0 Å². The SMILES string of the molecule is NC(Cc1c[nH]c2ccccc12)C(=O)NC(CS)C(=O)NC(CCC(=O)O)C(=O)NC(CC(=O)O)C(=O)O. The molecule has 0 aliphatic rings. The molecule has 1 aromatic heterocycles. The average molecular weight is 552 g/mol. The van der Waals surface area contributed by atoms with Gasteiger partial charge in [-0.25, -0.2) is 4.79 Å². The number of H-pyrrole nitrogens is 1. The number of benzene rings is 1. The Morgan fingerprint density at radius 3 is 2.08 bits per heavy atom. The maximum atomic E-state index is 12.8. The minimum atomic E-state index is -1.81. The molecule has 9 N–H and O–H groups in total. The summed E-state index contributed by atoms with van der Waals surface area (Å²) in [5, 5.41) is 34.5. The molecule has 38 heavy (non-hydrogen) atoms. The maximum Gasteiger partial charge on any atom is 0.326 e.